The zero-order chi connectivity index (χ0) is 21.1. The van der Waals surface area contributed by atoms with Crippen LogP contribution in [0.2, 0.25) is 0 Å². The molecule has 1 aliphatic rings. The van der Waals surface area contributed by atoms with Gasteiger partial charge >= 0.3 is 18.3 Å². The molecule has 1 aliphatic carbocycles. The second kappa shape index (κ2) is 8.40. The topological polar surface area (TPSA) is 55.4 Å². The molecule has 1 aromatic rings. The molecule has 0 radical (unpaired) electrons. The summed E-state index contributed by atoms with van der Waals surface area (Å²) < 4.78 is 82.4. The molecule has 0 aromatic heterocycles. The summed E-state index contributed by atoms with van der Waals surface area (Å²) in [6.07, 6.45) is -6.40. The van der Waals surface area contributed by atoms with E-state index in [0.717, 1.165) is 26.4 Å². The molecule has 0 heterocycles. The van der Waals surface area contributed by atoms with Crippen molar-refractivity contribution >= 4 is 11.9 Å². The van der Waals surface area contributed by atoms with Crippen molar-refractivity contribution in [3.63, 3.8) is 0 Å². The van der Waals surface area contributed by atoms with Crippen LogP contribution in [0.5, 0.6) is 0 Å². The van der Waals surface area contributed by atoms with Crippen LogP contribution in [-0.4, -0.2) is 25.0 Å². The van der Waals surface area contributed by atoms with Crippen LogP contribution in [0.25, 0.3) is 0 Å². The van der Waals surface area contributed by atoms with Crippen molar-refractivity contribution in [1.29, 1.82) is 0 Å². The molecular weight excluding hydrogens is 392 g/mol. The van der Waals surface area contributed by atoms with E-state index in [4.69, 9.17) is 0 Å². The molecule has 1 amide bonds. The largest absolute Gasteiger partial charge is 0.467 e. The number of hydrogen-bond acceptors (Lipinski definition) is 3. The van der Waals surface area contributed by atoms with Crippen molar-refractivity contribution in [3.05, 3.63) is 34.9 Å². The van der Waals surface area contributed by atoms with Crippen LogP contribution >= 0.6 is 0 Å². The van der Waals surface area contributed by atoms with Gasteiger partial charge in [0.05, 0.1) is 18.2 Å². The van der Waals surface area contributed by atoms with Gasteiger partial charge in [0.15, 0.2) is 0 Å². The van der Waals surface area contributed by atoms with Gasteiger partial charge in [0.1, 0.15) is 6.04 Å². The van der Waals surface area contributed by atoms with Crippen molar-refractivity contribution in [1.82, 2.24) is 5.32 Å². The predicted octanol–water partition coefficient (Wildman–Crippen LogP) is 4.58. The smallest absolute Gasteiger partial charge is 0.416 e. The van der Waals surface area contributed by atoms with E-state index in [-0.39, 0.29) is 12.0 Å². The van der Waals surface area contributed by atoms with Gasteiger partial charge in [-0.2, -0.15) is 26.3 Å². The molecule has 10 heteroatoms. The van der Waals surface area contributed by atoms with Crippen LogP contribution in [0.1, 0.15) is 53.6 Å². The van der Waals surface area contributed by atoms with Gasteiger partial charge in [-0.1, -0.05) is 19.3 Å². The third-order valence-electron chi connectivity index (χ3n) is 4.71. The zero-order valence-corrected chi connectivity index (χ0v) is 14.9. The van der Waals surface area contributed by atoms with Crippen LogP contribution in [0, 0.1) is 5.92 Å². The monoisotopic (exact) mass is 411 g/mol. The SMILES string of the molecule is COC(=O)[C@@H](NC(=O)c1cc(C(F)(F)F)cc(C(F)(F)F)c1)C1CCCCC1. The highest BCUT2D eigenvalue weighted by Crippen LogP contribution is 2.36. The highest BCUT2D eigenvalue weighted by molar-refractivity contribution is 5.97. The number of hydrogen-bond donors (Lipinski definition) is 1. The second-order valence-corrected chi connectivity index (χ2v) is 6.67. The van der Waals surface area contributed by atoms with Crippen molar-refractivity contribution < 1.29 is 40.7 Å². The van der Waals surface area contributed by atoms with Gasteiger partial charge in [0.2, 0.25) is 0 Å². The lowest BCUT2D eigenvalue weighted by Crippen LogP contribution is -2.47. The summed E-state index contributed by atoms with van der Waals surface area (Å²) in [4.78, 5) is 24.5. The zero-order valence-electron chi connectivity index (χ0n) is 14.9. The maximum atomic E-state index is 13.0. The molecule has 1 fully saturated rings. The number of carbonyl (C=O) groups is 2. The minimum absolute atomic E-state index is 0.0598. The highest BCUT2D eigenvalue weighted by Gasteiger charge is 2.38. The lowest BCUT2D eigenvalue weighted by molar-refractivity contribution is -0.145. The molecule has 156 valence electrons. The molecule has 0 spiro atoms. The molecule has 0 saturated heterocycles. The molecule has 2 rings (SSSR count). The van der Waals surface area contributed by atoms with Gasteiger partial charge < -0.3 is 10.1 Å². The first-order chi connectivity index (χ1) is 12.9. The van der Waals surface area contributed by atoms with Crippen LogP contribution in [0.3, 0.4) is 0 Å². The summed E-state index contributed by atoms with van der Waals surface area (Å²) in [5.41, 5.74) is -4.02. The number of ether oxygens (including phenoxy) is 1. The number of methoxy groups -OCH3 is 1. The van der Waals surface area contributed by atoms with Gasteiger partial charge in [-0.3, -0.25) is 4.79 Å². The van der Waals surface area contributed by atoms with Crippen LogP contribution in [0.4, 0.5) is 26.3 Å². The number of rotatable bonds is 4. The Kier molecular flexibility index (Phi) is 6.61. The minimum Gasteiger partial charge on any atom is -0.467 e. The van der Waals surface area contributed by atoms with Crippen LogP contribution in [-0.2, 0) is 21.9 Å². The molecule has 1 N–H and O–H groups in total. The van der Waals surface area contributed by atoms with Crippen molar-refractivity contribution in [2.24, 2.45) is 5.92 Å². The first kappa shape index (κ1) is 22.0. The highest BCUT2D eigenvalue weighted by atomic mass is 19.4. The lowest BCUT2D eigenvalue weighted by Gasteiger charge is -2.29. The maximum absolute atomic E-state index is 13.0. The molecule has 1 aromatic carbocycles. The molecule has 4 nitrogen and oxygen atoms in total. The fraction of sp³-hybridized carbons (Fsp3) is 0.556. The minimum atomic E-state index is -5.07. The first-order valence-corrected chi connectivity index (χ1v) is 8.61. The predicted molar refractivity (Wildman–Crippen MR) is 86.3 cm³/mol. The number of carbonyl (C=O) groups excluding carboxylic acids is 2. The Morgan fingerprint density at radius 3 is 1.89 bits per heavy atom. The Hall–Kier alpha value is -2.26. The number of nitrogens with one attached hydrogen (secondary N) is 1. The summed E-state index contributed by atoms with van der Waals surface area (Å²) in [6.45, 7) is 0. The van der Waals surface area contributed by atoms with Crippen LogP contribution < -0.4 is 5.32 Å². The maximum Gasteiger partial charge on any atom is 0.416 e. The second-order valence-electron chi connectivity index (χ2n) is 6.67. The van der Waals surface area contributed by atoms with Gasteiger partial charge in [0.25, 0.3) is 5.91 Å². The average molecular weight is 411 g/mol. The Morgan fingerprint density at radius 2 is 1.46 bits per heavy atom. The summed E-state index contributed by atoms with van der Waals surface area (Å²) in [5.74, 6) is -2.28. The average Bonchev–Trinajstić information content (AvgIpc) is 2.64. The van der Waals surface area contributed by atoms with E-state index in [1.165, 1.54) is 0 Å². The third-order valence-corrected chi connectivity index (χ3v) is 4.71. The van der Waals surface area contributed by atoms with Gasteiger partial charge in [-0.05, 0) is 37.0 Å². The Balaban J connectivity index is 2.36. The van der Waals surface area contributed by atoms with E-state index in [2.05, 4.69) is 10.1 Å². The third kappa shape index (κ3) is 5.39. The molecule has 1 atom stereocenters. The lowest BCUT2D eigenvalue weighted by atomic mass is 9.83. The summed E-state index contributed by atoms with van der Waals surface area (Å²) in [6, 6.07) is -0.531. The van der Waals surface area contributed by atoms with E-state index >= 15 is 0 Å². The van der Waals surface area contributed by atoms with Crippen molar-refractivity contribution in [3.8, 4) is 0 Å². The molecular formula is C18H19F6NO3. The number of amides is 1. The van der Waals surface area contributed by atoms with E-state index in [1.54, 1.807) is 0 Å². The van der Waals surface area contributed by atoms with E-state index in [1.807, 2.05) is 0 Å². The van der Waals surface area contributed by atoms with Gasteiger partial charge in [0, 0.05) is 5.56 Å². The fourth-order valence-corrected chi connectivity index (χ4v) is 3.27. The van der Waals surface area contributed by atoms with Crippen LogP contribution in [0.15, 0.2) is 18.2 Å². The number of alkyl halides is 6. The quantitative estimate of drug-likeness (QED) is 0.583. The molecule has 1 saturated carbocycles. The summed E-state index contributed by atoms with van der Waals surface area (Å²) in [7, 11) is 1.09. The molecule has 0 unspecified atom stereocenters. The molecule has 0 aliphatic heterocycles. The summed E-state index contributed by atoms with van der Waals surface area (Å²) in [5, 5.41) is 2.26. The molecule has 0 bridgehead atoms. The summed E-state index contributed by atoms with van der Waals surface area (Å²) >= 11 is 0. The Labute approximate surface area is 157 Å². The van der Waals surface area contributed by atoms with Crippen molar-refractivity contribution in [2.45, 2.75) is 50.5 Å². The number of halogens is 6. The number of benzene rings is 1. The van der Waals surface area contributed by atoms with E-state index in [9.17, 15) is 35.9 Å². The first-order valence-electron chi connectivity index (χ1n) is 8.61. The molecule has 28 heavy (non-hydrogen) atoms. The standard InChI is InChI=1S/C18H19F6NO3/c1-28-16(27)14(10-5-3-2-4-6-10)25-15(26)11-7-12(17(19,20)21)9-13(8-11)18(22,23)24/h7-10,14H,2-6H2,1H3,(H,25,26)/t14-/m0/s1. The Bertz CT molecular complexity index is 691. The fourth-order valence-electron chi connectivity index (χ4n) is 3.27. The van der Waals surface area contributed by atoms with E-state index in [0.29, 0.717) is 25.0 Å². The van der Waals surface area contributed by atoms with Gasteiger partial charge in [-0.25, -0.2) is 4.79 Å². The normalized spacial score (nSPS) is 17.1. The number of esters is 1. The van der Waals surface area contributed by atoms with Gasteiger partial charge in [-0.15, -0.1) is 0 Å². The van der Waals surface area contributed by atoms with Crippen molar-refractivity contribution in [2.75, 3.05) is 7.11 Å². The Morgan fingerprint density at radius 1 is 0.964 bits per heavy atom. The van der Waals surface area contributed by atoms with E-state index < -0.39 is 47.0 Å².